The Balaban J connectivity index is 4.46. The highest BCUT2D eigenvalue weighted by molar-refractivity contribution is 4.69. The number of aliphatic hydroxyl groups is 1. The van der Waals surface area contributed by atoms with Gasteiger partial charge in [0.05, 0.1) is 13.2 Å². The third-order valence-corrected chi connectivity index (χ3v) is 2.33. The Bertz CT molecular complexity index is 165. The molecule has 4 heteroatoms. The smallest absolute Gasteiger partial charge is 0.308 e. The molecule has 0 bridgehead atoms. The normalized spacial score (nSPS) is 13.9. The highest BCUT2D eigenvalue weighted by Crippen LogP contribution is 2.21. The lowest BCUT2D eigenvalue weighted by Crippen LogP contribution is -2.49. The molecule has 0 aromatic heterocycles. The number of hydrogen-bond acceptors (Lipinski definition) is 4. The van der Waals surface area contributed by atoms with E-state index in [0.717, 1.165) is 19.3 Å². The summed E-state index contributed by atoms with van der Waals surface area (Å²) in [6.07, 6.45) is 2.81. The molecular weight excluding hydrogens is 220 g/mol. The van der Waals surface area contributed by atoms with Crippen LogP contribution in [0.2, 0.25) is 0 Å². The molecule has 17 heavy (non-hydrogen) atoms. The Hall–Kier alpha value is -0.160. The van der Waals surface area contributed by atoms with E-state index in [9.17, 15) is 5.11 Å². The molecule has 0 rings (SSSR count). The molecule has 0 aromatic carbocycles. The molecule has 104 valence electrons. The number of rotatable bonds is 11. The fourth-order valence-electron chi connectivity index (χ4n) is 1.47. The standard InChI is InChI=1S/C13H28O4/c1-5-9-15-12(8-4)13(14,16-10-6-2)17-11-7-3/h12,14H,5-11H2,1-4H3. The van der Waals surface area contributed by atoms with Gasteiger partial charge in [-0.25, -0.2) is 0 Å². The van der Waals surface area contributed by atoms with Crippen LogP contribution in [-0.4, -0.2) is 37.0 Å². The summed E-state index contributed by atoms with van der Waals surface area (Å²) >= 11 is 0. The fraction of sp³-hybridized carbons (Fsp3) is 1.00. The van der Waals surface area contributed by atoms with Crippen LogP contribution in [0.4, 0.5) is 0 Å². The van der Waals surface area contributed by atoms with E-state index in [1.54, 1.807) is 0 Å². The van der Waals surface area contributed by atoms with Crippen LogP contribution < -0.4 is 0 Å². The summed E-state index contributed by atoms with van der Waals surface area (Å²) in [5.74, 6) is -1.60. The maximum atomic E-state index is 10.4. The Labute approximate surface area is 105 Å². The van der Waals surface area contributed by atoms with Crippen molar-refractivity contribution in [3.05, 3.63) is 0 Å². The van der Waals surface area contributed by atoms with Gasteiger partial charge in [0.2, 0.25) is 0 Å². The monoisotopic (exact) mass is 248 g/mol. The van der Waals surface area contributed by atoms with Gasteiger partial charge < -0.3 is 19.3 Å². The van der Waals surface area contributed by atoms with Crippen molar-refractivity contribution in [1.29, 1.82) is 0 Å². The zero-order chi connectivity index (χ0) is 13.1. The molecule has 4 nitrogen and oxygen atoms in total. The van der Waals surface area contributed by atoms with Gasteiger partial charge in [0, 0.05) is 6.61 Å². The van der Waals surface area contributed by atoms with Crippen molar-refractivity contribution in [3.8, 4) is 0 Å². The zero-order valence-corrected chi connectivity index (χ0v) is 11.7. The molecule has 0 spiro atoms. The maximum absolute atomic E-state index is 10.4. The van der Waals surface area contributed by atoms with Gasteiger partial charge in [-0.05, 0) is 25.7 Å². The topological polar surface area (TPSA) is 47.9 Å². The lowest BCUT2D eigenvalue weighted by Gasteiger charge is -2.34. The minimum Gasteiger partial charge on any atom is -0.370 e. The quantitative estimate of drug-likeness (QED) is 0.571. The number of ether oxygens (including phenoxy) is 3. The van der Waals surface area contributed by atoms with Gasteiger partial charge in [0.15, 0.2) is 0 Å². The Morgan fingerprint density at radius 3 is 1.71 bits per heavy atom. The highest BCUT2D eigenvalue weighted by Gasteiger charge is 2.39. The van der Waals surface area contributed by atoms with E-state index in [0.29, 0.717) is 26.2 Å². The van der Waals surface area contributed by atoms with Crippen molar-refractivity contribution in [2.24, 2.45) is 0 Å². The van der Waals surface area contributed by atoms with E-state index in [1.807, 2.05) is 27.7 Å². The molecule has 1 atom stereocenters. The van der Waals surface area contributed by atoms with Gasteiger partial charge in [-0.3, -0.25) is 0 Å². The summed E-state index contributed by atoms with van der Waals surface area (Å²) in [5, 5.41) is 10.4. The molecular formula is C13H28O4. The van der Waals surface area contributed by atoms with Crippen LogP contribution in [0, 0.1) is 0 Å². The van der Waals surface area contributed by atoms with Gasteiger partial charge >= 0.3 is 5.97 Å². The second-order valence-electron chi connectivity index (χ2n) is 4.10. The molecule has 0 fully saturated rings. The molecule has 0 amide bonds. The minimum absolute atomic E-state index is 0.430. The predicted octanol–water partition coefficient (Wildman–Crippen LogP) is 2.69. The summed E-state index contributed by atoms with van der Waals surface area (Å²) < 4.78 is 16.5. The minimum atomic E-state index is -1.60. The Kier molecular flexibility index (Phi) is 9.74. The van der Waals surface area contributed by atoms with Crippen LogP contribution in [0.3, 0.4) is 0 Å². The van der Waals surface area contributed by atoms with Crippen LogP contribution in [0.1, 0.15) is 53.4 Å². The molecule has 0 saturated carbocycles. The molecule has 0 aliphatic rings. The third-order valence-electron chi connectivity index (χ3n) is 2.33. The van der Waals surface area contributed by atoms with Crippen LogP contribution in [0.5, 0.6) is 0 Å². The average molecular weight is 248 g/mol. The Morgan fingerprint density at radius 1 is 0.882 bits per heavy atom. The second-order valence-corrected chi connectivity index (χ2v) is 4.10. The van der Waals surface area contributed by atoms with Crippen molar-refractivity contribution in [3.63, 3.8) is 0 Å². The van der Waals surface area contributed by atoms with Crippen molar-refractivity contribution in [1.82, 2.24) is 0 Å². The summed E-state index contributed by atoms with van der Waals surface area (Å²) in [7, 11) is 0. The number of hydrogen-bond donors (Lipinski definition) is 1. The summed E-state index contributed by atoms with van der Waals surface area (Å²) in [6.45, 7) is 9.51. The SMILES string of the molecule is CCCOC(CC)C(O)(OCCC)OCCC. The molecule has 0 saturated heterocycles. The first kappa shape index (κ1) is 16.8. The van der Waals surface area contributed by atoms with Gasteiger partial charge in [-0.1, -0.05) is 27.7 Å². The highest BCUT2D eigenvalue weighted by atomic mass is 16.8. The van der Waals surface area contributed by atoms with E-state index >= 15 is 0 Å². The first-order valence-corrected chi connectivity index (χ1v) is 6.76. The van der Waals surface area contributed by atoms with Crippen LogP contribution in [0.15, 0.2) is 0 Å². The predicted molar refractivity (Wildman–Crippen MR) is 67.8 cm³/mol. The van der Waals surface area contributed by atoms with Crippen LogP contribution in [0.25, 0.3) is 0 Å². The van der Waals surface area contributed by atoms with Gasteiger partial charge in [-0.15, -0.1) is 0 Å². The molecule has 1 unspecified atom stereocenters. The zero-order valence-electron chi connectivity index (χ0n) is 11.7. The molecule has 0 radical (unpaired) electrons. The summed E-state index contributed by atoms with van der Waals surface area (Å²) in [5.41, 5.74) is 0. The molecule has 0 aliphatic heterocycles. The van der Waals surface area contributed by atoms with E-state index < -0.39 is 12.1 Å². The summed E-state index contributed by atoms with van der Waals surface area (Å²) in [6, 6.07) is 0. The van der Waals surface area contributed by atoms with Gasteiger partial charge in [0.25, 0.3) is 0 Å². The largest absolute Gasteiger partial charge is 0.370 e. The maximum Gasteiger partial charge on any atom is 0.308 e. The van der Waals surface area contributed by atoms with E-state index in [-0.39, 0.29) is 0 Å². The van der Waals surface area contributed by atoms with Gasteiger partial charge in [0.1, 0.15) is 6.10 Å². The first-order valence-electron chi connectivity index (χ1n) is 6.76. The average Bonchev–Trinajstić information content (AvgIpc) is 2.35. The second kappa shape index (κ2) is 9.83. The summed E-state index contributed by atoms with van der Waals surface area (Å²) in [4.78, 5) is 0. The van der Waals surface area contributed by atoms with Crippen molar-refractivity contribution < 1.29 is 19.3 Å². The molecule has 0 aliphatic carbocycles. The van der Waals surface area contributed by atoms with Crippen LogP contribution >= 0.6 is 0 Å². The fourth-order valence-corrected chi connectivity index (χ4v) is 1.47. The van der Waals surface area contributed by atoms with Crippen molar-refractivity contribution >= 4 is 0 Å². The van der Waals surface area contributed by atoms with Crippen molar-refractivity contribution in [2.45, 2.75) is 65.5 Å². The van der Waals surface area contributed by atoms with Crippen molar-refractivity contribution in [2.75, 3.05) is 19.8 Å². The third kappa shape index (κ3) is 6.36. The molecule has 0 heterocycles. The molecule has 0 aromatic rings. The van der Waals surface area contributed by atoms with Gasteiger partial charge in [-0.2, -0.15) is 0 Å². The van der Waals surface area contributed by atoms with E-state index in [1.165, 1.54) is 0 Å². The lowest BCUT2D eigenvalue weighted by molar-refractivity contribution is -0.400. The van der Waals surface area contributed by atoms with Crippen LogP contribution in [-0.2, 0) is 14.2 Å². The van der Waals surface area contributed by atoms with E-state index in [2.05, 4.69) is 0 Å². The molecule has 1 N–H and O–H groups in total. The first-order chi connectivity index (χ1) is 8.14. The lowest BCUT2D eigenvalue weighted by atomic mass is 10.2. The Morgan fingerprint density at radius 2 is 1.35 bits per heavy atom. The van der Waals surface area contributed by atoms with E-state index in [4.69, 9.17) is 14.2 Å².